The van der Waals surface area contributed by atoms with Gasteiger partial charge in [-0.05, 0) is 60.4 Å². The van der Waals surface area contributed by atoms with Crippen molar-refractivity contribution in [3.05, 3.63) is 22.3 Å². The Hall–Kier alpha value is -0.610. The minimum atomic E-state index is 0.303. The van der Waals surface area contributed by atoms with Gasteiger partial charge in [-0.2, -0.15) is 0 Å². The van der Waals surface area contributed by atoms with Crippen molar-refractivity contribution < 1.29 is 4.74 Å². The van der Waals surface area contributed by atoms with E-state index in [2.05, 4.69) is 26.2 Å². The molecule has 0 aromatic carbocycles. The van der Waals surface area contributed by atoms with E-state index >= 15 is 0 Å². The molecule has 0 atom stereocenters. The first kappa shape index (κ1) is 10.9. The quantitative estimate of drug-likeness (QED) is 0.896. The minimum Gasteiger partial charge on any atom is -0.473 e. The summed E-state index contributed by atoms with van der Waals surface area (Å²) in [6, 6.07) is 1.97. The fraction of sp³-hybridized carbons (Fsp3) is 0.545. The van der Waals surface area contributed by atoms with Crippen molar-refractivity contribution >= 4 is 15.9 Å². The van der Waals surface area contributed by atoms with Crippen LogP contribution in [0.15, 0.2) is 16.7 Å². The van der Waals surface area contributed by atoms with Gasteiger partial charge in [-0.25, -0.2) is 4.98 Å². The highest BCUT2D eigenvalue weighted by Gasteiger charge is 2.16. The fourth-order valence-corrected chi connectivity index (χ4v) is 2.00. The van der Waals surface area contributed by atoms with Gasteiger partial charge in [-0.15, -0.1) is 0 Å². The summed E-state index contributed by atoms with van der Waals surface area (Å²) in [6.45, 7) is 4.11. The molecule has 0 saturated carbocycles. The van der Waals surface area contributed by atoms with Gasteiger partial charge < -0.3 is 10.1 Å². The molecular formula is C11H15BrN2O. The zero-order chi connectivity index (χ0) is 10.7. The summed E-state index contributed by atoms with van der Waals surface area (Å²) >= 11 is 3.50. The van der Waals surface area contributed by atoms with Crippen molar-refractivity contribution in [3.8, 4) is 5.88 Å². The van der Waals surface area contributed by atoms with Crippen LogP contribution in [0.3, 0.4) is 0 Å². The molecule has 0 aliphatic carbocycles. The maximum Gasteiger partial charge on any atom is 0.228 e. The lowest BCUT2D eigenvalue weighted by atomic mass is 10.1. The molecule has 1 fully saturated rings. The lowest BCUT2D eigenvalue weighted by molar-refractivity contribution is 0.154. The molecule has 1 N–H and O–H groups in total. The van der Waals surface area contributed by atoms with Crippen LogP contribution < -0.4 is 10.1 Å². The molecule has 0 amide bonds. The van der Waals surface area contributed by atoms with Gasteiger partial charge in [-0.3, -0.25) is 0 Å². The van der Waals surface area contributed by atoms with Gasteiger partial charge in [0.15, 0.2) is 0 Å². The molecule has 4 heteroatoms. The van der Waals surface area contributed by atoms with E-state index in [1.165, 1.54) is 0 Å². The second-order valence-electron chi connectivity index (χ2n) is 3.81. The number of hydrogen-bond acceptors (Lipinski definition) is 3. The van der Waals surface area contributed by atoms with Crippen LogP contribution in [-0.2, 0) is 0 Å². The van der Waals surface area contributed by atoms with E-state index in [0.29, 0.717) is 6.10 Å². The van der Waals surface area contributed by atoms with E-state index in [1.54, 1.807) is 6.20 Å². The molecule has 0 spiro atoms. The molecule has 3 nitrogen and oxygen atoms in total. The number of hydrogen-bond donors (Lipinski definition) is 1. The summed E-state index contributed by atoms with van der Waals surface area (Å²) in [5.41, 5.74) is 1.16. The first-order valence-electron chi connectivity index (χ1n) is 5.26. The van der Waals surface area contributed by atoms with Crippen molar-refractivity contribution in [1.82, 2.24) is 10.3 Å². The zero-order valence-corrected chi connectivity index (χ0v) is 10.4. The average Bonchev–Trinajstić information content (AvgIpc) is 2.26. The molecule has 0 radical (unpaired) electrons. The van der Waals surface area contributed by atoms with Crippen LogP contribution in [0.25, 0.3) is 0 Å². The first-order valence-corrected chi connectivity index (χ1v) is 6.05. The largest absolute Gasteiger partial charge is 0.473 e. The summed E-state index contributed by atoms with van der Waals surface area (Å²) in [7, 11) is 0. The molecule has 2 heterocycles. The Morgan fingerprint density at radius 2 is 2.20 bits per heavy atom. The molecule has 0 bridgehead atoms. The minimum absolute atomic E-state index is 0.303. The molecule has 1 aliphatic rings. The predicted molar refractivity (Wildman–Crippen MR) is 63.2 cm³/mol. The van der Waals surface area contributed by atoms with E-state index in [4.69, 9.17) is 4.74 Å². The summed E-state index contributed by atoms with van der Waals surface area (Å²) in [6.07, 6.45) is 4.21. The van der Waals surface area contributed by atoms with Gasteiger partial charge >= 0.3 is 0 Å². The summed E-state index contributed by atoms with van der Waals surface area (Å²) in [5, 5.41) is 3.31. The second kappa shape index (κ2) is 4.94. The molecule has 0 unspecified atom stereocenters. The van der Waals surface area contributed by atoms with E-state index in [-0.39, 0.29) is 0 Å². The topological polar surface area (TPSA) is 34.1 Å². The third-order valence-corrected chi connectivity index (χ3v) is 3.58. The van der Waals surface area contributed by atoms with Crippen molar-refractivity contribution in [2.45, 2.75) is 25.9 Å². The number of ether oxygens (including phenoxy) is 1. The number of nitrogens with zero attached hydrogens (tertiary/aromatic N) is 1. The van der Waals surface area contributed by atoms with Gasteiger partial charge in [0.2, 0.25) is 5.88 Å². The third-order valence-electron chi connectivity index (χ3n) is 2.61. The Labute approximate surface area is 98.4 Å². The molecule has 1 aromatic rings. The highest BCUT2D eigenvalue weighted by Crippen LogP contribution is 2.27. The number of aromatic nitrogens is 1. The average molecular weight is 271 g/mol. The van der Waals surface area contributed by atoms with E-state index in [1.807, 2.05) is 13.0 Å². The van der Waals surface area contributed by atoms with Crippen molar-refractivity contribution in [2.75, 3.05) is 13.1 Å². The Morgan fingerprint density at radius 1 is 1.47 bits per heavy atom. The monoisotopic (exact) mass is 270 g/mol. The number of rotatable bonds is 2. The first-order chi connectivity index (χ1) is 7.27. The maximum absolute atomic E-state index is 5.87. The third kappa shape index (κ3) is 2.69. The number of pyridine rings is 1. The zero-order valence-electron chi connectivity index (χ0n) is 8.79. The standard InChI is InChI=1S/C11H15BrN2O/c1-8-2-7-14-11(10(8)12)15-9-3-5-13-6-4-9/h2,7,9,13H,3-6H2,1H3. The number of nitrogens with one attached hydrogen (secondary N) is 1. The molecule has 1 saturated heterocycles. The molecular weight excluding hydrogens is 256 g/mol. The van der Waals surface area contributed by atoms with Gasteiger partial charge in [0, 0.05) is 6.20 Å². The highest BCUT2D eigenvalue weighted by molar-refractivity contribution is 9.10. The van der Waals surface area contributed by atoms with Crippen LogP contribution in [0.5, 0.6) is 5.88 Å². The van der Waals surface area contributed by atoms with Crippen LogP contribution in [0.4, 0.5) is 0 Å². The maximum atomic E-state index is 5.87. The van der Waals surface area contributed by atoms with Crippen molar-refractivity contribution in [3.63, 3.8) is 0 Å². The normalized spacial score (nSPS) is 17.7. The van der Waals surface area contributed by atoms with Crippen LogP contribution in [0.2, 0.25) is 0 Å². The number of halogens is 1. The molecule has 1 aliphatic heterocycles. The Balaban J connectivity index is 2.06. The second-order valence-corrected chi connectivity index (χ2v) is 4.61. The summed E-state index contributed by atoms with van der Waals surface area (Å²) < 4.78 is 6.84. The molecule has 2 rings (SSSR count). The SMILES string of the molecule is Cc1ccnc(OC2CCNCC2)c1Br. The lowest BCUT2D eigenvalue weighted by Gasteiger charge is -2.23. The Morgan fingerprint density at radius 3 is 2.93 bits per heavy atom. The van der Waals surface area contributed by atoms with Crippen LogP contribution in [0.1, 0.15) is 18.4 Å². The summed E-state index contributed by atoms with van der Waals surface area (Å²) in [5.74, 6) is 0.724. The molecule has 15 heavy (non-hydrogen) atoms. The van der Waals surface area contributed by atoms with Gasteiger partial charge in [0.05, 0.1) is 4.47 Å². The van der Waals surface area contributed by atoms with Crippen molar-refractivity contribution in [2.24, 2.45) is 0 Å². The lowest BCUT2D eigenvalue weighted by Crippen LogP contribution is -2.34. The summed E-state index contributed by atoms with van der Waals surface area (Å²) in [4.78, 5) is 4.24. The van der Waals surface area contributed by atoms with Crippen LogP contribution in [0, 0.1) is 6.92 Å². The van der Waals surface area contributed by atoms with E-state index < -0.39 is 0 Å². The number of piperidine rings is 1. The predicted octanol–water partition coefficient (Wildman–Crippen LogP) is 2.28. The van der Waals surface area contributed by atoms with Crippen molar-refractivity contribution in [1.29, 1.82) is 0 Å². The molecule has 82 valence electrons. The Bertz CT molecular complexity index is 337. The van der Waals surface area contributed by atoms with Crippen LogP contribution in [-0.4, -0.2) is 24.2 Å². The van der Waals surface area contributed by atoms with E-state index in [0.717, 1.165) is 41.8 Å². The Kier molecular flexibility index (Phi) is 3.59. The smallest absolute Gasteiger partial charge is 0.228 e. The highest BCUT2D eigenvalue weighted by atomic mass is 79.9. The van der Waals surface area contributed by atoms with Gasteiger partial charge in [0.25, 0.3) is 0 Å². The molecule has 1 aromatic heterocycles. The number of aryl methyl sites for hydroxylation is 1. The van der Waals surface area contributed by atoms with Gasteiger partial charge in [-0.1, -0.05) is 0 Å². The van der Waals surface area contributed by atoms with Gasteiger partial charge in [0.1, 0.15) is 6.10 Å². The van der Waals surface area contributed by atoms with Crippen LogP contribution >= 0.6 is 15.9 Å². The fourth-order valence-electron chi connectivity index (χ4n) is 1.67. The van der Waals surface area contributed by atoms with E-state index in [9.17, 15) is 0 Å².